The number of piperidine rings is 7. The van der Waals surface area contributed by atoms with E-state index in [2.05, 4.69) is 144 Å². The number of ether oxygens (including phenoxy) is 1. The first-order valence-corrected chi connectivity index (χ1v) is 41.8. The number of likely N-dealkylation sites (tertiary alicyclic amines) is 4. The molecule has 0 saturated carbocycles. The highest BCUT2D eigenvalue weighted by atomic mass is 16.5. The minimum atomic E-state index is -0.0398. The van der Waals surface area contributed by atoms with Crippen molar-refractivity contribution >= 4 is 41.4 Å². The van der Waals surface area contributed by atoms with Crippen LogP contribution in [0.25, 0.3) is 0 Å². The summed E-state index contributed by atoms with van der Waals surface area (Å²) in [6.07, 6.45) is 27.6. The zero-order valence-corrected chi connectivity index (χ0v) is 67.8. The maximum Gasteiger partial charge on any atom is 0.252 e. The molecule has 0 atom stereocenters. The average molecular weight is 1530 g/mol. The third-order valence-electron chi connectivity index (χ3n) is 23.5. The summed E-state index contributed by atoms with van der Waals surface area (Å²) in [4.78, 5) is 87.0. The lowest BCUT2D eigenvalue weighted by Crippen LogP contribution is -2.38. The van der Waals surface area contributed by atoms with Gasteiger partial charge >= 0.3 is 0 Å². The van der Waals surface area contributed by atoms with Gasteiger partial charge in [-0.25, -0.2) is 54.8 Å². The fourth-order valence-electron chi connectivity index (χ4n) is 16.9. The Labute approximate surface area is 663 Å². The molecule has 0 bridgehead atoms. The fourth-order valence-corrected chi connectivity index (χ4v) is 16.9. The van der Waals surface area contributed by atoms with Crippen molar-refractivity contribution in [3.05, 3.63) is 170 Å². The van der Waals surface area contributed by atoms with Crippen molar-refractivity contribution in [2.45, 2.75) is 187 Å². The summed E-state index contributed by atoms with van der Waals surface area (Å²) in [5.74, 6) is 6.89. The predicted molar refractivity (Wildman–Crippen MR) is 447 cm³/mol. The summed E-state index contributed by atoms with van der Waals surface area (Å²) < 4.78 is 5.46. The van der Waals surface area contributed by atoms with Gasteiger partial charge in [0.2, 0.25) is 35.7 Å². The summed E-state index contributed by atoms with van der Waals surface area (Å²) in [7, 11) is 5.88. The number of rotatable bonds is 18. The van der Waals surface area contributed by atoms with Crippen LogP contribution < -0.4 is 41.1 Å². The number of nitrogens with two attached hydrogens (primary N) is 1. The third kappa shape index (κ3) is 23.3. The van der Waals surface area contributed by atoms with Crippen LogP contribution in [0.3, 0.4) is 0 Å². The van der Waals surface area contributed by atoms with E-state index in [1.54, 1.807) is 18.5 Å². The highest BCUT2D eigenvalue weighted by Crippen LogP contribution is 2.35. The van der Waals surface area contributed by atoms with Crippen molar-refractivity contribution in [1.82, 2.24) is 79.4 Å². The second-order valence-electron chi connectivity index (χ2n) is 32.4. The zero-order chi connectivity index (χ0) is 77.7. The Balaban J connectivity index is 0.000000131. The smallest absolute Gasteiger partial charge is 0.252 e. The second kappa shape index (κ2) is 40.1. The third-order valence-corrected chi connectivity index (χ3v) is 23.5. The lowest BCUT2D eigenvalue weighted by molar-refractivity contribution is 0.122. The molecule has 112 heavy (non-hydrogen) atoms. The Morgan fingerprint density at radius 1 is 0.438 bits per heavy atom. The van der Waals surface area contributed by atoms with Crippen molar-refractivity contribution in [2.75, 3.05) is 175 Å². The van der Waals surface area contributed by atoms with Crippen LogP contribution in [0.4, 0.5) is 41.4 Å². The number of nitrogens with zero attached hydrogens (tertiary/aromatic N) is 20. The minimum Gasteiger partial charge on any atom is -0.508 e. The molecule has 14 heterocycles. The Morgan fingerprint density at radius 3 is 1.21 bits per heavy atom. The first kappa shape index (κ1) is 81.0. The summed E-state index contributed by atoms with van der Waals surface area (Å²) in [5.41, 5.74) is 20.3. The van der Waals surface area contributed by atoms with Crippen LogP contribution in [-0.2, 0) is 30.9 Å². The number of hydrogen-bond acceptors (Lipinski definition) is 25. The average Bonchev–Trinajstić information content (AvgIpc) is 0.829. The minimum absolute atomic E-state index is 0.0398. The van der Waals surface area contributed by atoms with Gasteiger partial charge in [-0.15, -0.1) is 0 Å². The van der Waals surface area contributed by atoms with E-state index >= 15 is 0 Å². The van der Waals surface area contributed by atoms with Crippen LogP contribution in [0, 0.1) is 27.7 Å². The standard InChI is InChI=1S/C23H33N5.C23H32N4O.C21H31N7O.C19H27N7O/c1-18-16-22(26-23(25-18)28-12-4-3-5-13-28)20-10-14-27(15-11-20)17-19-6-8-21(24-2)9-7-19;1-17-6-7-19(15-22(17)28)16-26-12-8-20(9-13-26)21-14-18(2)24-23(25-21)27-10-4-3-5-11-27;1-16-12-19(25-21(24-16)28-8-10-29-11-9-28)18-4-6-27(7-5-18)15-17-13-22-20(23-14-17)26(2)3;20-18-21-11-14(12-22-18)13-25-8-4-15(5-9-25)16-10-17(27)24-19(23-16)26-6-2-1-3-7-26/h6-9,16,20,24H,3-5,10-15,17H2,1-2H3;6-7,14-15,20,28H,3-5,8-13,16H2,1-2H3;12-14,18H,4-11,15H2,1-3H3;10-12,15H,1-9,13H2,(H2,20,21,22)(H,23,24,27). The molecule has 16 rings (SSSR count). The van der Waals surface area contributed by atoms with Gasteiger partial charge < -0.3 is 45.4 Å². The highest BCUT2D eigenvalue weighted by molar-refractivity contribution is 5.44. The summed E-state index contributed by atoms with van der Waals surface area (Å²) >= 11 is 0. The lowest BCUT2D eigenvalue weighted by Gasteiger charge is -2.32. The Kier molecular flexibility index (Phi) is 29.0. The highest BCUT2D eigenvalue weighted by Gasteiger charge is 2.30. The number of benzene rings is 2. The molecule has 8 fully saturated rings. The number of morpholine rings is 1. The van der Waals surface area contributed by atoms with E-state index in [9.17, 15) is 9.90 Å². The number of phenolic OH excluding ortho intramolecular Hbond substituents is 1. The van der Waals surface area contributed by atoms with Crippen LogP contribution in [0.2, 0.25) is 0 Å². The van der Waals surface area contributed by atoms with Crippen molar-refractivity contribution in [3.63, 3.8) is 0 Å². The van der Waals surface area contributed by atoms with Gasteiger partial charge in [0.25, 0.3) is 5.56 Å². The van der Waals surface area contributed by atoms with E-state index in [0.717, 1.165) is 246 Å². The Morgan fingerprint density at radius 2 is 0.804 bits per heavy atom. The van der Waals surface area contributed by atoms with Crippen LogP contribution >= 0.6 is 0 Å². The predicted octanol–water partition coefficient (Wildman–Crippen LogP) is 11.7. The Bertz CT molecular complexity index is 4260. The fraction of sp³-hybridized carbons (Fsp3) is 0.581. The molecule has 0 unspecified atom stereocenters. The molecule has 0 amide bonds. The van der Waals surface area contributed by atoms with Gasteiger partial charge in [0.15, 0.2) is 0 Å². The van der Waals surface area contributed by atoms with Crippen molar-refractivity contribution in [3.8, 4) is 5.75 Å². The van der Waals surface area contributed by atoms with Gasteiger partial charge in [-0.05, 0) is 242 Å². The van der Waals surface area contributed by atoms with Gasteiger partial charge in [-0.3, -0.25) is 29.4 Å². The molecule has 0 radical (unpaired) electrons. The zero-order valence-electron chi connectivity index (χ0n) is 67.8. The number of aromatic amines is 1. The molecule has 6 aromatic heterocycles. The van der Waals surface area contributed by atoms with Crippen LogP contribution in [0.5, 0.6) is 5.75 Å². The molecular weight excluding hydrogens is 1400 g/mol. The van der Waals surface area contributed by atoms with E-state index < -0.39 is 0 Å². The van der Waals surface area contributed by atoms with Gasteiger partial charge in [0.05, 0.1) is 18.9 Å². The van der Waals surface area contributed by atoms with Crippen LogP contribution in [0.1, 0.15) is 201 Å². The quantitative estimate of drug-likeness (QED) is 0.0621. The summed E-state index contributed by atoms with van der Waals surface area (Å²) in [6.45, 7) is 30.0. The molecule has 600 valence electrons. The number of anilines is 7. The summed E-state index contributed by atoms with van der Waals surface area (Å²) in [6, 6.07) is 23.1. The number of aryl methyl sites for hydroxylation is 4. The SMILES string of the molecule is CNc1ccc(CN2CCC(c3cc(C)nc(N4CCCCC4)n3)CC2)cc1.Cc1cc(C2CCN(Cc3ccc(C)c(O)c3)CC2)nc(N2CCCCC2)n1.Cc1cc(C2CCN(Cc3cnc(N(C)C)nc3)CC2)nc(N2CCOCC2)n1.Nc1ncc(CN2CCC(c3cc(=O)[nH]c(N4CCCCC4)n3)CC2)cn1. The number of nitrogens with one attached hydrogen (secondary N) is 2. The van der Waals surface area contributed by atoms with E-state index in [1.165, 1.54) is 110 Å². The molecule has 8 aliphatic rings. The molecule has 26 heteroatoms. The van der Waals surface area contributed by atoms with Crippen molar-refractivity contribution in [2.24, 2.45) is 0 Å². The van der Waals surface area contributed by atoms with Gasteiger partial charge in [-0.1, -0.05) is 24.3 Å². The number of aromatic hydroxyl groups is 1. The van der Waals surface area contributed by atoms with Crippen molar-refractivity contribution < 1.29 is 9.84 Å². The first-order chi connectivity index (χ1) is 54.5. The van der Waals surface area contributed by atoms with Crippen LogP contribution in [-0.4, -0.2) is 224 Å². The second-order valence-corrected chi connectivity index (χ2v) is 32.4. The molecule has 0 spiro atoms. The molecule has 0 aliphatic carbocycles. The van der Waals surface area contributed by atoms with E-state index in [-0.39, 0.29) is 5.56 Å². The number of nitrogen functional groups attached to an aromatic ring is 1. The molecule has 26 nitrogen and oxygen atoms in total. The van der Waals surface area contributed by atoms with Gasteiger partial charge in [0, 0.05) is 205 Å². The molecule has 8 aromatic rings. The van der Waals surface area contributed by atoms with E-state index in [0.29, 0.717) is 35.4 Å². The molecule has 8 aliphatic heterocycles. The normalized spacial score (nSPS) is 19.1. The van der Waals surface area contributed by atoms with Crippen molar-refractivity contribution in [1.29, 1.82) is 0 Å². The molecular formula is C86H123N23O3. The maximum absolute atomic E-state index is 12.2. The molecule has 8 saturated heterocycles. The van der Waals surface area contributed by atoms with Gasteiger partial charge in [-0.2, -0.15) is 0 Å². The van der Waals surface area contributed by atoms with E-state index in [1.807, 2.05) is 57.5 Å². The lowest BCUT2D eigenvalue weighted by atomic mass is 9.92. The monoisotopic (exact) mass is 1530 g/mol. The molecule has 5 N–H and O–H groups in total. The Hall–Kier alpha value is -9.08. The molecule has 2 aromatic carbocycles. The van der Waals surface area contributed by atoms with Gasteiger partial charge in [0.1, 0.15) is 5.75 Å². The number of hydrogen-bond donors (Lipinski definition) is 4. The number of aromatic nitrogens is 12. The van der Waals surface area contributed by atoms with E-state index in [4.69, 9.17) is 40.4 Å². The number of phenols is 1. The largest absolute Gasteiger partial charge is 0.508 e. The van der Waals surface area contributed by atoms with Crippen LogP contribution in [0.15, 0.2) is 96.3 Å². The summed E-state index contributed by atoms with van der Waals surface area (Å²) in [5, 5.41) is 13.1. The topological polar surface area (TPSA) is 271 Å². The maximum atomic E-state index is 12.2. The number of H-pyrrole nitrogens is 1. The first-order valence-electron chi connectivity index (χ1n) is 41.8.